The van der Waals surface area contributed by atoms with Crippen molar-refractivity contribution in [1.29, 1.82) is 0 Å². The summed E-state index contributed by atoms with van der Waals surface area (Å²) >= 11 is 0. The SMILES string of the molecule is COc1ccnc(Oc2cccc(-c3ccc4c5ccccc5n(-c5cc(C6CC6)ccn5)c4c3)c2)c1. The Labute approximate surface area is 215 Å². The van der Waals surface area contributed by atoms with Gasteiger partial charge in [0.25, 0.3) is 0 Å². The summed E-state index contributed by atoms with van der Waals surface area (Å²) < 4.78 is 13.6. The Morgan fingerprint density at radius 3 is 2.43 bits per heavy atom. The smallest absolute Gasteiger partial charge is 0.222 e. The van der Waals surface area contributed by atoms with Gasteiger partial charge < -0.3 is 9.47 Å². The molecule has 37 heavy (non-hydrogen) atoms. The highest BCUT2D eigenvalue weighted by atomic mass is 16.5. The van der Waals surface area contributed by atoms with Crippen molar-refractivity contribution in [1.82, 2.24) is 14.5 Å². The Morgan fingerprint density at radius 1 is 0.703 bits per heavy atom. The highest BCUT2D eigenvalue weighted by Gasteiger charge is 2.24. The van der Waals surface area contributed by atoms with Gasteiger partial charge in [-0.15, -0.1) is 0 Å². The zero-order chi connectivity index (χ0) is 24.8. The van der Waals surface area contributed by atoms with E-state index in [2.05, 4.69) is 70.2 Å². The summed E-state index contributed by atoms with van der Waals surface area (Å²) in [6.45, 7) is 0. The Kier molecular flexibility index (Phi) is 5.14. The number of methoxy groups -OCH3 is 1. The van der Waals surface area contributed by atoms with Gasteiger partial charge in [0.2, 0.25) is 5.88 Å². The molecule has 1 saturated carbocycles. The lowest BCUT2D eigenvalue weighted by Gasteiger charge is -2.10. The molecule has 0 aliphatic heterocycles. The molecule has 1 aliphatic carbocycles. The molecule has 6 aromatic rings. The molecule has 5 nitrogen and oxygen atoms in total. The first-order valence-electron chi connectivity index (χ1n) is 12.5. The fourth-order valence-corrected chi connectivity index (χ4v) is 5.06. The van der Waals surface area contributed by atoms with E-state index in [1.807, 2.05) is 24.4 Å². The molecule has 0 amide bonds. The summed E-state index contributed by atoms with van der Waals surface area (Å²) in [6, 6.07) is 31.3. The molecule has 3 aromatic heterocycles. The van der Waals surface area contributed by atoms with E-state index in [0.29, 0.717) is 17.5 Å². The highest BCUT2D eigenvalue weighted by molar-refractivity contribution is 6.10. The largest absolute Gasteiger partial charge is 0.497 e. The molecule has 180 valence electrons. The van der Waals surface area contributed by atoms with Crippen molar-refractivity contribution in [3.63, 3.8) is 0 Å². The minimum absolute atomic E-state index is 0.494. The van der Waals surface area contributed by atoms with E-state index >= 15 is 0 Å². The first-order chi connectivity index (χ1) is 18.3. The van der Waals surface area contributed by atoms with Crippen LogP contribution >= 0.6 is 0 Å². The lowest BCUT2D eigenvalue weighted by molar-refractivity contribution is 0.405. The number of nitrogens with zero attached hydrogens (tertiary/aromatic N) is 3. The summed E-state index contributed by atoms with van der Waals surface area (Å²) in [6.07, 6.45) is 6.16. The van der Waals surface area contributed by atoms with Crippen molar-refractivity contribution in [2.24, 2.45) is 0 Å². The zero-order valence-corrected chi connectivity index (χ0v) is 20.5. The third-order valence-corrected chi connectivity index (χ3v) is 7.05. The first-order valence-corrected chi connectivity index (χ1v) is 12.5. The van der Waals surface area contributed by atoms with Crippen LogP contribution in [0.25, 0.3) is 38.8 Å². The first kappa shape index (κ1) is 21.6. The van der Waals surface area contributed by atoms with Gasteiger partial charge in [-0.2, -0.15) is 0 Å². The zero-order valence-electron chi connectivity index (χ0n) is 20.5. The van der Waals surface area contributed by atoms with E-state index in [4.69, 9.17) is 14.5 Å². The Hall–Kier alpha value is -4.64. The highest BCUT2D eigenvalue weighted by Crippen LogP contribution is 2.41. The molecular weight excluding hydrogens is 458 g/mol. The molecule has 0 N–H and O–H groups in total. The summed E-state index contributed by atoms with van der Waals surface area (Å²) in [5.74, 6) is 3.56. The average molecular weight is 484 g/mol. The van der Waals surface area contributed by atoms with Crippen molar-refractivity contribution in [2.45, 2.75) is 18.8 Å². The van der Waals surface area contributed by atoms with Crippen molar-refractivity contribution in [2.75, 3.05) is 7.11 Å². The van der Waals surface area contributed by atoms with Crippen LogP contribution in [0.5, 0.6) is 17.4 Å². The minimum atomic E-state index is 0.494. The lowest BCUT2D eigenvalue weighted by atomic mass is 10.0. The summed E-state index contributed by atoms with van der Waals surface area (Å²) in [7, 11) is 1.63. The maximum Gasteiger partial charge on any atom is 0.222 e. The molecular formula is C32H25N3O2. The van der Waals surface area contributed by atoms with Gasteiger partial charge in [0.15, 0.2) is 0 Å². The number of para-hydroxylation sites is 1. The molecule has 7 rings (SSSR count). The lowest BCUT2D eigenvalue weighted by Crippen LogP contribution is -1.98. The van der Waals surface area contributed by atoms with E-state index in [1.54, 1.807) is 25.4 Å². The predicted molar refractivity (Wildman–Crippen MR) is 147 cm³/mol. The third kappa shape index (κ3) is 3.99. The van der Waals surface area contributed by atoms with Crippen molar-refractivity contribution in [3.8, 4) is 34.3 Å². The maximum atomic E-state index is 6.05. The van der Waals surface area contributed by atoms with E-state index in [-0.39, 0.29) is 0 Å². The van der Waals surface area contributed by atoms with Gasteiger partial charge in [-0.3, -0.25) is 4.57 Å². The Bertz CT molecular complexity index is 1770. The monoisotopic (exact) mass is 483 g/mol. The van der Waals surface area contributed by atoms with Gasteiger partial charge in [-0.1, -0.05) is 42.5 Å². The number of fused-ring (bicyclic) bond motifs is 3. The van der Waals surface area contributed by atoms with Crippen LogP contribution in [0.3, 0.4) is 0 Å². The van der Waals surface area contributed by atoms with Crippen LogP contribution in [-0.2, 0) is 0 Å². The van der Waals surface area contributed by atoms with Crippen LogP contribution in [0.15, 0.2) is 103 Å². The molecule has 0 saturated heterocycles. The molecule has 1 fully saturated rings. The second-order valence-electron chi connectivity index (χ2n) is 9.47. The fraction of sp³-hybridized carbons (Fsp3) is 0.125. The van der Waals surface area contributed by atoms with E-state index in [0.717, 1.165) is 33.7 Å². The van der Waals surface area contributed by atoms with E-state index < -0.39 is 0 Å². The number of aromatic nitrogens is 3. The quantitative estimate of drug-likeness (QED) is 0.241. The minimum Gasteiger partial charge on any atom is -0.497 e. The van der Waals surface area contributed by atoms with Gasteiger partial charge in [0.1, 0.15) is 17.3 Å². The van der Waals surface area contributed by atoms with Crippen molar-refractivity contribution < 1.29 is 9.47 Å². The van der Waals surface area contributed by atoms with Crippen molar-refractivity contribution >= 4 is 21.8 Å². The second kappa shape index (κ2) is 8.79. The van der Waals surface area contributed by atoms with Gasteiger partial charge in [-0.25, -0.2) is 9.97 Å². The normalized spacial score (nSPS) is 13.2. The summed E-state index contributed by atoms with van der Waals surface area (Å²) in [5, 5.41) is 2.44. The molecule has 0 spiro atoms. The molecule has 0 atom stereocenters. The third-order valence-electron chi connectivity index (χ3n) is 7.05. The number of benzene rings is 3. The van der Waals surface area contributed by atoms with Crippen LogP contribution in [0, 0.1) is 0 Å². The maximum absolute atomic E-state index is 6.05. The predicted octanol–water partition coefficient (Wildman–Crippen LogP) is 7.92. The second-order valence-corrected chi connectivity index (χ2v) is 9.47. The molecule has 3 aromatic carbocycles. The topological polar surface area (TPSA) is 49.2 Å². The number of rotatable bonds is 6. The van der Waals surface area contributed by atoms with Gasteiger partial charge in [0, 0.05) is 29.2 Å². The molecule has 5 heteroatoms. The fourth-order valence-electron chi connectivity index (χ4n) is 5.06. The number of ether oxygens (including phenoxy) is 2. The van der Waals surface area contributed by atoms with E-state index in [9.17, 15) is 0 Å². The van der Waals surface area contributed by atoms with Crippen LogP contribution in [0.2, 0.25) is 0 Å². The number of hydrogen-bond acceptors (Lipinski definition) is 4. The van der Waals surface area contributed by atoms with Crippen LogP contribution < -0.4 is 9.47 Å². The van der Waals surface area contributed by atoms with Gasteiger partial charge >= 0.3 is 0 Å². The average Bonchev–Trinajstić information content (AvgIpc) is 3.75. The van der Waals surface area contributed by atoms with Crippen LogP contribution in [0.1, 0.15) is 24.3 Å². The van der Waals surface area contributed by atoms with E-state index in [1.165, 1.54) is 29.2 Å². The molecule has 3 heterocycles. The number of hydrogen-bond donors (Lipinski definition) is 0. The van der Waals surface area contributed by atoms with Gasteiger partial charge in [-0.05, 0) is 77.9 Å². The van der Waals surface area contributed by atoms with Gasteiger partial charge in [0.05, 0.1) is 18.1 Å². The molecule has 1 aliphatic rings. The van der Waals surface area contributed by atoms with Crippen LogP contribution in [-0.4, -0.2) is 21.6 Å². The molecule has 0 unspecified atom stereocenters. The van der Waals surface area contributed by atoms with Crippen LogP contribution in [0.4, 0.5) is 0 Å². The Balaban J connectivity index is 1.34. The molecule has 0 radical (unpaired) electrons. The number of pyridine rings is 2. The Morgan fingerprint density at radius 2 is 1.54 bits per heavy atom. The summed E-state index contributed by atoms with van der Waals surface area (Å²) in [5.41, 5.74) is 5.86. The molecule has 0 bridgehead atoms. The van der Waals surface area contributed by atoms with Crippen molar-refractivity contribution in [3.05, 3.63) is 109 Å². The standard InChI is InChI=1S/C32H25N3O2/c1-36-25-14-16-34-32(20-25)37-26-6-4-5-22(17-26)23-11-12-28-27-7-2-3-8-29(27)35(30(28)18-23)31-19-24(13-15-33-31)21-9-10-21/h2-8,11-21H,9-10H2,1H3. The summed E-state index contributed by atoms with van der Waals surface area (Å²) in [4.78, 5) is 9.10.